The molecule has 0 aliphatic heterocycles. The number of rotatable bonds is 4. The van der Waals surface area contributed by atoms with Crippen molar-refractivity contribution in [2.45, 2.75) is 91.1 Å². The Balaban J connectivity index is 1.63. The van der Waals surface area contributed by atoms with Gasteiger partial charge in [-0.05, 0) is 113 Å². The molecule has 32 heavy (non-hydrogen) atoms. The van der Waals surface area contributed by atoms with E-state index in [1.54, 1.807) is 6.07 Å². The molecule has 0 saturated heterocycles. The third-order valence-corrected chi connectivity index (χ3v) is 8.91. The molecule has 4 rings (SSSR count). The van der Waals surface area contributed by atoms with Crippen LogP contribution in [-0.4, -0.2) is 41.1 Å². The van der Waals surface area contributed by atoms with Gasteiger partial charge in [-0.3, -0.25) is 4.79 Å². The van der Waals surface area contributed by atoms with E-state index in [0.717, 1.165) is 44.1 Å². The van der Waals surface area contributed by atoms with E-state index in [1.165, 1.54) is 12.7 Å². The van der Waals surface area contributed by atoms with E-state index in [0.29, 0.717) is 23.7 Å². The van der Waals surface area contributed by atoms with Gasteiger partial charge in [0.05, 0.1) is 7.11 Å². The lowest BCUT2D eigenvalue weighted by atomic mass is 9.54. The van der Waals surface area contributed by atoms with E-state index in [1.807, 2.05) is 6.07 Å². The Morgan fingerprint density at radius 2 is 1.78 bits per heavy atom. The predicted octanol–water partition coefficient (Wildman–Crippen LogP) is 5.30. The molecule has 0 radical (unpaired) electrons. The summed E-state index contributed by atoms with van der Waals surface area (Å²) in [5, 5.41) is 10.3. The van der Waals surface area contributed by atoms with Gasteiger partial charge < -0.3 is 14.7 Å². The molecular weight excluding hydrogens is 402 g/mol. The van der Waals surface area contributed by atoms with Crippen LogP contribution >= 0.6 is 0 Å². The maximum absolute atomic E-state index is 13.7. The summed E-state index contributed by atoms with van der Waals surface area (Å²) in [4.78, 5) is 28.0. The lowest BCUT2D eigenvalue weighted by Gasteiger charge is -2.51. The molecule has 0 spiro atoms. The molecule has 0 heterocycles. The summed E-state index contributed by atoms with van der Waals surface area (Å²) in [7, 11) is 1.35. The summed E-state index contributed by atoms with van der Waals surface area (Å²) in [5.74, 6) is 1.42. The lowest BCUT2D eigenvalue weighted by Crippen LogP contribution is -2.50. The number of aryl methyl sites for hydroxylation is 1. The monoisotopic (exact) mass is 441 g/mol. The summed E-state index contributed by atoms with van der Waals surface area (Å²) in [6.45, 7) is 10.9. The summed E-state index contributed by atoms with van der Waals surface area (Å²) in [6.07, 6.45) is 6.16. The van der Waals surface area contributed by atoms with Gasteiger partial charge in [-0.15, -0.1) is 0 Å². The standard InChI is InChI=1S/C27H39NO4/c1-15(2)28(16(3)4)25(30)23-10-9-22-19-8-7-17-13-24(29)21(26(31)32-6)14-20(17)18(19)11-12-27(22,23)5/h13-16,18-19,22-23,29H,7-12H2,1-6H3/t18-,19+,22-,23+,27-/m0/s1. The van der Waals surface area contributed by atoms with Gasteiger partial charge in [0.25, 0.3) is 0 Å². The minimum atomic E-state index is -0.484. The Bertz CT molecular complexity index is 899. The van der Waals surface area contributed by atoms with Crippen LogP contribution in [0, 0.1) is 23.2 Å². The lowest BCUT2D eigenvalue weighted by molar-refractivity contribution is -0.144. The van der Waals surface area contributed by atoms with Gasteiger partial charge in [0.2, 0.25) is 5.91 Å². The van der Waals surface area contributed by atoms with Crippen molar-refractivity contribution in [1.29, 1.82) is 0 Å². The molecule has 1 N–H and O–H groups in total. The Hall–Kier alpha value is -2.04. The molecule has 176 valence electrons. The topological polar surface area (TPSA) is 66.8 Å². The van der Waals surface area contributed by atoms with E-state index in [-0.39, 0.29) is 34.7 Å². The number of benzene rings is 1. The highest BCUT2D eigenvalue weighted by molar-refractivity contribution is 5.92. The van der Waals surface area contributed by atoms with Crippen molar-refractivity contribution in [1.82, 2.24) is 4.90 Å². The second-order valence-electron chi connectivity index (χ2n) is 11.1. The fourth-order valence-electron chi connectivity index (χ4n) is 7.57. The number of carbonyl (C=O) groups excluding carboxylic acids is 2. The maximum Gasteiger partial charge on any atom is 0.341 e. The molecule has 3 aliphatic rings. The highest BCUT2D eigenvalue weighted by Gasteiger charge is 2.57. The van der Waals surface area contributed by atoms with E-state index in [9.17, 15) is 14.7 Å². The zero-order valence-corrected chi connectivity index (χ0v) is 20.5. The largest absolute Gasteiger partial charge is 0.507 e. The number of amides is 1. The quantitative estimate of drug-likeness (QED) is 0.644. The first-order chi connectivity index (χ1) is 15.1. The molecule has 1 aromatic carbocycles. The second kappa shape index (κ2) is 8.39. The molecule has 2 fully saturated rings. The van der Waals surface area contributed by atoms with Gasteiger partial charge >= 0.3 is 5.97 Å². The van der Waals surface area contributed by atoms with Crippen LogP contribution < -0.4 is 0 Å². The number of phenols is 1. The summed E-state index contributed by atoms with van der Waals surface area (Å²) >= 11 is 0. The Labute approximate surface area is 192 Å². The summed E-state index contributed by atoms with van der Waals surface area (Å²) < 4.78 is 4.89. The van der Waals surface area contributed by atoms with E-state index in [2.05, 4.69) is 39.5 Å². The van der Waals surface area contributed by atoms with E-state index < -0.39 is 5.97 Å². The zero-order chi connectivity index (χ0) is 23.4. The third-order valence-electron chi connectivity index (χ3n) is 8.91. The van der Waals surface area contributed by atoms with Crippen molar-refractivity contribution < 1.29 is 19.4 Å². The van der Waals surface area contributed by atoms with Crippen molar-refractivity contribution in [3.8, 4) is 5.75 Å². The molecule has 0 aromatic heterocycles. The number of phenolic OH excluding ortho intramolecular Hbond substituents is 1. The molecule has 1 aromatic rings. The Kier molecular flexibility index (Phi) is 6.06. The highest BCUT2D eigenvalue weighted by atomic mass is 16.5. The number of aromatic hydroxyl groups is 1. The van der Waals surface area contributed by atoms with E-state index in [4.69, 9.17) is 4.74 Å². The second-order valence-corrected chi connectivity index (χ2v) is 11.1. The molecule has 5 nitrogen and oxygen atoms in total. The Morgan fingerprint density at radius 1 is 1.09 bits per heavy atom. The first-order valence-electron chi connectivity index (χ1n) is 12.4. The average molecular weight is 442 g/mol. The van der Waals surface area contributed by atoms with Gasteiger partial charge in [-0.1, -0.05) is 6.92 Å². The highest BCUT2D eigenvalue weighted by Crippen LogP contribution is 2.63. The van der Waals surface area contributed by atoms with Crippen LogP contribution in [0.15, 0.2) is 12.1 Å². The van der Waals surface area contributed by atoms with Crippen LogP contribution in [0.4, 0.5) is 0 Å². The first-order valence-corrected chi connectivity index (χ1v) is 12.4. The Morgan fingerprint density at radius 3 is 2.41 bits per heavy atom. The number of hydrogen-bond donors (Lipinski definition) is 1. The fourth-order valence-corrected chi connectivity index (χ4v) is 7.57. The molecular formula is C27H39NO4. The SMILES string of the molecule is COC(=O)c1cc2c(cc1O)CC[C@@H]1[C@@H]2CC[C@]2(C)[C@@H](C(=O)N(C(C)C)C(C)C)CC[C@@H]12. The van der Waals surface area contributed by atoms with Crippen LogP contribution in [0.5, 0.6) is 5.75 Å². The molecule has 1 amide bonds. The molecule has 3 aliphatic carbocycles. The molecule has 0 unspecified atom stereocenters. The third kappa shape index (κ3) is 3.52. The number of ether oxygens (including phenoxy) is 1. The van der Waals surface area contributed by atoms with Crippen LogP contribution in [0.1, 0.15) is 94.1 Å². The van der Waals surface area contributed by atoms with Gasteiger partial charge in [-0.2, -0.15) is 0 Å². The molecule has 5 atom stereocenters. The van der Waals surface area contributed by atoms with Crippen molar-refractivity contribution in [2.75, 3.05) is 7.11 Å². The van der Waals surface area contributed by atoms with Crippen LogP contribution in [0.2, 0.25) is 0 Å². The molecule has 2 saturated carbocycles. The van der Waals surface area contributed by atoms with Crippen molar-refractivity contribution in [3.63, 3.8) is 0 Å². The zero-order valence-electron chi connectivity index (χ0n) is 20.5. The minimum absolute atomic E-state index is 0.0173. The van der Waals surface area contributed by atoms with Crippen molar-refractivity contribution >= 4 is 11.9 Å². The predicted molar refractivity (Wildman–Crippen MR) is 125 cm³/mol. The fraction of sp³-hybridized carbons (Fsp3) is 0.704. The molecule has 0 bridgehead atoms. The summed E-state index contributed by atoms with van der Waals surface area (Å²) in [6, 6.07) is 4.09. The van der Waals surface area contributed by atoms with Gasteiger partial charge in [0.1, 0.15) is 11.3 Å². The maximum atomic E-state index is 13.7. The van der Waals surface area contributed by atoms with Gasteiger partial charge in [0.15, 0.2) is 0 Å². The number of fused-ring (bicyclic) bond motifs is 5. The van der Waals surface area contributed by atoms with Crippen molar-refractivity contribution in [3.05, 3.63) is 28.8 Å². The van der Waals surface area contributed by atoms with Crippen LogP contribution in [-0.2, 0) is 16.0 Å². The first kappa shape index (κ1) is 23.1. The number of methoxy groups -OCH3 is 1. The minimum Gasteiger partial charge on any atom is -0.507 e. The number of esters is 1. The normalized spacial score (nSPS) is 31.1. The van der Waals surface area contributed by atoms with Crippen molar-refractivity contribution in [2.24, 2.45) is 23.2 Å². The summed E-state index contributed by atoms with van der Waals surface area (Å²) in [5.41, 5.74) is 2.68. The number of hydrogen-bond acceptors (Lipinski definition) is 4. The molecule has 5 heteroatoms. The van der Waals surface area contributed by atoms with E-state index >= 15 is 0 Å². The average Bonchev–Trinajstić information content (AvgIpc) is 3.09. The van der Waals surface area contributed by atoms with Crippen LogP contribution in [0.3, 0.4) is 0 Å². The smallest absolute Gasteiger partial charge is 0.341 e. The number of carbonyl (C=O) groups is 2. The van der Waals surface area contributed by atoms with Crippen LogP contribution in [0.25, 0.3) is 0 Å². The number of nitrogens with zero attached hydrogens (tertiary/aromatic N) is 1. The van der Waals surface area contributed by atoms with Gasteiger partial charge in [0, 0.05) is 18.0 Å². The van der Waals surface area contributed by atoms with Gasteiger partial charge in [-0.25, -0.2) is 4.79 Å².